The monoisotopic (exact) mass is 347 g/mol. The Morgan fingerprint density at radius 2 is 2.40 bits per heavy atom. The molecular weight excluding hydrogens is 330 g/mol. The van der Waals surface area contributed by atoms with Crippen molar-refractivity contribution >= 4 is 17.7 Å². The van der Waals surface area contributed by atoms with Gasteiger partial charge in [-0.25, -0.2) is 0 Å². The number of hydrogen-bond acceptors (Lipinski definition) is 7. The lowest BCUT2D eigenvalue weighted by Crippen LogP contribution is -2.32. The standard InChI is InChI=1S/C16H17N3O6/c1-24-14-7-12(19(22)23)6-10(15(14)20)5-11(8-17)16(21)18-9-13-3-2-4-25-13/h5-7,13,20H,2-4,9H2,1H3,(H,18,21)/b11-5+/t13-/m1/s1. The van der Waals surface area contributed by atoms with Gasteiger partial charge in [0, 0.05) is 24.8 Å². The molecule has 0 radical (unpaired) electrons. The molecule has 0 aliphatic carbocycles. The molecule has 1 heterocycles. The number of nitriles is 1. The summed E-state index contributed by atoms with van der Waals surface area (Å²) in [4.78, 5) is 22.4. The predicted octanol–water partition coefficient (Wildman–Crippen LogP) is 1.51. The van der Waals surface area contributed by atoms with Gasteiger partial charge in [0.2, 0.25) is 0 Å². The molecule has 0 unspecified atom stereocenters. The molecule has 1 fully saturated rings. The summed E-state index contributed by atoms with van der Waals surface area (Å²) >= 11 is 0. The van der Waals surface area contributed by atoms with Crippen LogP contribution in [0.3, 0.4) is 0 Å². The van der Waals surface area contributed by atoms with Gasteiger partial charge >= 0.3 is 0 Å². The Labute approximate surface area is 143 Å². The van der Waals surface area contributed by atoms with E-state index in [2.05, 4.69) is 5.32 Å². The van der Waals surface area contributed by atoms with Crippen molar-refractivity contribution in [2.75, 3.05) is 20.3 Å². The van der Waals surface area contributed by atoms with E-state index < -0.39 is 16.6 Å². The lowest BCUT2D eigenvalue weighted by molar-refractivity contribution is -0.385. The molecule has 0 spiro atoms. The van der Waals surface area contributed by atoms with Crippen LogP contribution in [0.15, 0.2) is 17.7 Å². The first kappa shape index (κ1) is 18.2. The van der Waals surface area contributed by atoms with Crippen molar-refractivity contribution < 1.29 is 24.3 Å². The average molecular weight is 347 g/mol. The van der Waals surface area contributed by atoms with Crippen molar-refractivity contribution in [3.8, 4) is 17.6 Å². The molecule has 1 amide bonds. The molecular formula is C16H17N3O6. The smallest absolute Gasteiger partial charge is 0.274 e. The number of carbonyl (C=O) groups is 1. The molecule has 1 atom stereocenters. The number of phenolic OH excluding ortho intramolecular Hbond substituents is 1. The first-order valence-electron chi connectivity index (χ1n) is 7.53. The zero-order chi connectivity index (χ0) is 18.4. The average Bonchev–Trinajstić information content (AvgIpc) is 3.12. The molecule has 0 bridgehead atoms. The van der Waals surface area contributed by atoms with Crippen LogP contribution in [0.4, 0.5) is 5.69 Å². The normalized spacial score (nSPS) is 17.0. The number of benzene rings is 1. The molecule has 1 aromatic rings. The Kier molecular flexibility index (Phi) is 5.92. The Hall–Kier alpha value is -3.12. The second kappa shape index (κ2) is 8.12. The van der Waals surface area contributed by atoms with Crippen LogP contribution in [-0.4, -0.2) is 42.3 Å². The number of nitrogens with zero attached hydrogens (tertiary/aromatic N) is 2. The fraction of sp³-hybridized carbons (Fsp3) is 0.375. The van der Waals surface area contributed by atoms with Gasteiger partial charge in [-0.15, -0.1) is 0 Å². The second-order valence-corrected chi connectivity index (χ2v) is 5.36. The van der Waals surface area contributed by atoms with Crippen molar-refractivity contribution in [2.45, 2.75) is 18.9 Å². The Balaban J connectivity index is 2.25. The van der Waals surface area contributed by atoms with Crippen LogP contribution in [-0.2, 0) is 9.53 Å². The molecule has 1 aromatic carbocycles. The van der Waals surface area contributed by atoms with Crippen molar-refractivity contribution in [3.63, 3.8) is 0 Å². The Morgan fingerprint density at radius 1 is 1.64 bits per heavy atom. The van der Waals surface area contributed by atoms with E-state index in [0.29, 0.717) is 6.61 Å². The molecule has 1 aliphatic rings. The zero-order valence-electron chi connectivity index (χ0n) is 13.5. The van der Waals surface area contributed by atoms with Gasteiger partial charge in [0.05, 0.1) is 24.2 Å². The lowest BCUT2D eigenvalue weighted by Gasteiger charge is -2.10. The third-order valence-electron chi connectivity index (χ3n) is 3.70. The van der Waals surface area contributed by atoms with Crippen molar-refractivity contribution in [1.82, 2.24) is 5.32 Å². The summed E-state index contributed by atoms with van der Waals surface area (Å²) < 4.78 is 10.3. The first-order chi connectivity index (χ1) is 12.0. The highest BCUT2D eigenvalue weighted by molar-refractivity contribution is 6.02. The number of methoxy groups -OCH3 is 1. The van der Waals surface area contributed by atoms with Crippen LogP contribution in [0.5, 0.6) is 11.5 Å². The number of aromatic hydroxyl groups is 1. The quantitative estimate of drug-likeness (QED) is 0.344. The second-order valence-electron chi connectivity index (χ2n) is 5.36. The molecule has 25 heavy (non-hydrogen) atoms. The summed E-state index contributed by atoms with van der Waals surface area (Å²) in [5.74, 6) is -1.17. The molecule has 9 heteroatoms. The van der Waals surface area contributed by atoms with E-state index in [9.17, 15) is 25.3 Å². The van der Waals surface area contributed by atoms with Crippen LogP contribution in [0.25, 0.3) is 6.08 Å². The van der Waals surface area contributed by atoms with Gasteiger partial charge in [-0.2, -0.15) is 5.26 Å². The molecule has 9 nitrogen and oxygen atoms in total. The van der Waals surface area contributed by atoms with E-state index in [1.165, 1.54) is 7.11 Å². The van der Waals surface area contributed by atoms with Gasteiger partial charge < -0.3 is 19.9 Å². The summed E-state index contributed by atoms with van der Waals surface area (Å²) in [6.45, 7) is 0.908. The fourth-order valence-corrected chi connectivity index (χ4v) is 2.40. The lowest BCUT2D eigenvalue weighted by atomic mass is 10.1. The molecule has 2 N–H and O–H groups in total. The van der Waals surface area contributed by atoms with Crippen LogP contribution in [0.1, 0.15) is 18.4 Å². The number of amides is 1. The SMILES string of the molecule is COc1cc([N+](=O)[O-])cc(/C=C(\C#N)C(=O)NC[C@H]2CCCO2)c1O. The minimum Gasteiger partial charge on any atom is -0.504 e. The highest BCUT2D eigenvalue weighted by atomic mass is 16.6. The predicted molar refractivity (Wildman–Crippen MR) is 86.9 cm³/mol. The fourth-order valence-electron chi connectivity index (χ4n) is 2.40. The number of rotatable bonds is 6. The molecule has 1 saturated heterocycles. The van der Waals surface area contributed by atoms with E-state index >= 15 is 0 Å². The molecule has 132 valence electrons. The van der Waals surface area contributed by atoms with Gasteiger partial charge in [-0.3, -0.25) is 14.9 Å². The molecule has 0 aromatic heterocycles. The number of non-ortho nitro benzene ring substituents is 1. The molecule has 0 saturated carbocycles. The van der Waals surface area contributed by atoms with Crippen LogP contribution >= 0.6 is 0 Å². The van der Waals surface area contributed by atoms with E-state index in [-0.39, 0.29) is 35.2 Å². The Bertz CT molecular complexity index is 747. The summed E-state index contributed by atoms with van der Waals surface area (Å²) in [5.41, 5.74) is -0.691. The van der Waals surface area contributed by atoms with E-state index in [4.69, 9.17) is 9.47 Å². The number of nitro groups is 1. The minimum atomic E-state index is -0.664. The number of ether oxygens (including phenoxy) is 2. The van der Waals surface area contributed by atoms with Crippen molar-refractivity contribution in [1.29, 1.82) is 5.26 Å². The Morgan fingerprint density at radius 3 is 2.96 bits per heavy atom. The minimum absolute atomic E-state index is 0.0603. The van der Waals surface area contributed by atoms with Crippen molar-refractivity contribution in [3.05, 3.63) is 33.4 Å². The largest absolute Gasteiger partial charge is 0.504 e. The maximum absolute atomic E-state index is 12.1. The summed E-state index contributed by atoms with van der Waals surface area (Å²) in [6, 6.07) is 3.84. The van der Waals surface area contributed by atoms with Gasteiger partial charge in [-0.1, -0.05) is 0 Å². The maximum atomic E-state index is 12.1. The highest BCUT2D eigenvalue weighted by Gasteiger charge is 2.20. The van der Waals surface area contributed by atoms with E-state index in [0.717, 1.165) is 31.1 Å². The summed E-state index contributed by atoms with van der Waals surface area (Å²) in [5, 5.41) is 32.8. The summed E-state index contributed by atoms with van der Waals surface area (Å²) in [6.07, 6.45) is 2.74. The summed E-state index contributed by atoms with van der Waals surface area (Å²) in [7, 11) is 1.24. The number of nitrogens with one attached hydrogen (secondary N) is 1. The number of hydrogen-bond donors (Lipinski definition) is 2. The first-order valence-corrected chi connectivity index (χ1v) is 7.53. The number of phenols is 1. The van der Waals surface area contributed by atoms with Gasteiger partial charge in [0.15, 0.2) is 11.5 Å². The van der Waals surface area contributed by atoms with E-state index in [1.54, 1.807) is 6.07 Å². The third-order valence-corrected chi connectivity index (χ3v) is 3.70. The van der Waals surface area contributed by atoms with E-state index in [1.807, 2.05) is 0 Å². The topological polar surface area (TPSA) is 135 Å². The van der Waals surface area contributed by atoms with Crippen LogP contribution in [0, 0.1) is 21.4 Å². The van der Waals surface area contributed by atoms with Gasteiger partial charge in [0.25, 0.3) is 11.6 Å². The van der Waals surface area contributed by atoms with Gasteiger partial charge in [-0.05, 0) is 18.9 Å². The van der Waals surface area contributed by atoms with Gasteiger partial charge in [0.1, 0.15) is 11.6 Å². The molecule has 1 aliphatic heterocycles. The highest BCUT2D eigenvalue weighted by Crippen LogP contribution is 2.35. The maximum Gasteiger partial charge on any atom is 0.274 e. The molecule has 2 rings (SSSR count). The number of nitro benzene ring substituents is 1. The third kappa shape index (κ3) is 4.45. The van der Waals surface area contributed by atoms with Crippen molar-refractivity contribution in [2.24, 2.45) is 0 Å². The van der Waals surface area contributed by atoms with Crippen LogP contribution < -0.4 is 10.1 Å². The zero-order valence-corrected chi connectivity index (χ0v) is 13.5. The van der Waals surface area contributed by atoms with Crippen LogP contribution in [0.2, 0.25) is 0 Å². The number of carbonyl (C=O) groups excluding carboxylic acids is 1.